The predicted octanol–water partition coefficient (Wildman–Crippen LogP) is 1.65. The molecule has 11 heavy (non-hydrogen) atoms. The second-order valence-corrected chi connectivity index (χ2v) is 1.93. The van der Waals surface area contributed by atoms with E-state index < -0.39 is 22.9 Å². The molecular formula is C8H4F2O. The first-order valence-electron chi connectivity index (χ1n) is 2.79. The number of rotatable bonds is 0. The molecule has 0 saturated carbocycles. The Morgan fingerprint density at radius 1 is 1.27 bits per heavy atom. The Kier molecular flexibility index (Phi) is 1.77. The van der Waals surface area contributed by atoms with E-state index in [0.29, 0.717) is 0 Å². The summed E-state index contributed by atoms with van der Waals surface area (Å²) in [5.41, 5.74) is -0.456. The van der Waals surface area contributed by atoms with Crippen LogP contribution in [0.25, 0.3) is 0 Å². The van der Waals surface area contributed by atoms with Crippen molar-refractivity contribution in [1.82, 2.24) is 0 Å². The number of aromatic hydroxyl groups is 1. The third kappa shape index (κ3) is 1.30. The molecule has 0 aliphatic rings. The zero-order chi connectivity index (χ0) is 8.43. The van der Waals surface area contributed by atoms with E-state index in [1.807, 2.05) is 5.92 Å². The standard InChI is InChI=1S/C8H4F2O/c1-2-6-7(9)3-5(11)4-8(6)10/h1,3-4,11H. The van der Waals surface area contributed by atoms with Gasteiger partial charge in [-0.25, -0.2) is 8.78 Å². The van der Waals surface area contributed by atoms with Gasteiger partial charge in [-0.1, -0.05) is 5.92 Å². The van der Waals surface area contributed by atoms with Crippen molar-refractivity contribution in [3.8, 4) is 18.1 Å². The lowest BCUT2D eigenvalue weighted by molar-refractivity contribution is 0.459. The molecule has 1 rings (SSSR count). The molecule has 1 aromatic carbocycles. The van der Waals surface area contributed by atoms with E-state index >= 15 is 0 Å². The molecule has 0 aromatic heterocycles. The van der Waals surface area contributed by atoms with Gasteiger partial charge >= 0.3 is 0 Å². The highest BCUT2D eigenvalue weighted by atomic mass is 19.1. The second-order valence-electron chi connectivity index (χ2n) is 1.93. The van der Waals surface area contributed by atoms with Gasteiger partial charge in [0, 0.05) is 12.1 Å². The van der Waals surface area contributed by atoms with Crippen LogP contribution in [0.4, 0.5) is 8.78 Å². The highest BCUT2D eigenvalue weighted by Gasteiger charge is 2.07. The zero-order valence-electron chi connectivity index (χ0n) is 5.44. The summed E-state index contributed by atoms with van der Waals surface area (Å²) in [4.78, 5) is 0. The molecule has 0 amide bonds. The van der Waals surface area contributed by atoms with Crippen LogP contribution in [0.5, 0.6) is 5.75 Å². The summed E-state index contributed by atoms with van der Waals surface area (Å²) in [6.07, 6.45) is 4.79. The third-order valence-electron chi connectivity index (χ3n) is 1.17. The molecule has 1 N–H and O–H groups in total. The fourth-order valence-electron chi connectivity index (χ4n) is 0.698. The van der Waals surface area contributed by atoms with Gasteiger partial charge in [-0.15, -0.1) is 6.42 Å². The van der Waals surface area contributed by atoms with Gasteiger partial charge in [-0.3, -0.25) is 0 Å². The van der Waals surface area contributed by atoms with Crippen molar-refractivity contribution in [2.24, 2.45) is 0 Å². The molecule has 0 heterocycles. The Hall–Kier alpha value is -1.56. The molecule has 0 atom stereocenters. The van der Waals surface area contributed by atoms with Crippen molar-refractivity contribution in [3.63, 3.8) is 0 Å². The number of hydrogen-bond donors (Lipinski definition) is 1. The van der Waals surface area contributed by atoms with Crippen LogP contribution in [0, 0.1) is 24.0 Å². The minimum absolute atomic E-state index is 0.456. The van der Waals surface area contributed by atoms with E-state index in [2.05, 4.69) is 0 Å². The summed E-state index contributed by atoms with van der Waals surface area (Å²) >= 11 is 0. The molecule has 0 fully saturated rings. The van der Waals surface area contributed by atoms with Crippen molar-refractivity contribution in [1.29, 1.82) is 0 Å². The van der Waals surface area contributed by atoms with Gasteiger partial charge in [0.2, 0.25) is 0 Å². The smallest absolute Gasteiger partial charge is 0.145 e. The van der Waals surface area contributed by atoms with Crippen LogP contribution < -0.4 is 0 Å². The monoisotopic (exact) mass is 154 g/mol. The summed E-state index contributed by atoms with van der Waals surface area (Å²) in [6.45, 7) is 0. The lowest BCUT2D eigenvalue weighted by Crippen LogP contribution is -1.88. The molecular weight excluding hydrogens is 150 g/mol. The van der Waals surface area contributed by atoms with Crippen molar-refractivity contribution in [2.45, 2.75) is 0 Å². The summed E-state index contributed by atoms with van der Waals surface area (Å²) in [7, 11) is 0. The van der Waals surface area contributed by atoms with Crippen molar-refractivity contribution >= 4 is 0 Å². The lowest BCUT2D eigenvalue weighted by atomic mass is 10.2. The van der Waals surface area contributed by atoms with Gasteiger partial charge in [-0.2, -0.15) is 0 Å². The first kappa shape index (κ1) is 7.55. The first-order chi connectivity index (χ1) is 5.15. The summed E-state index contributed by atoms with van der Waals surface area (Å²) in [6, 6.07) is 1.52. The van der Waals surface area contributed by atoms with Crippen LogP contribution in [0.1, 0.15) is 5.56 Å². The maximum absolute atomic E-state index is 12.6. The van der Waals surface area contributed by atoms with Crippen LogP contribution >= 0.6 is 0 Å². The number of benzene rings is 1. The maximum atomic E-state index is 12.6. The van der Waals surface area contributed by atoms with E-state index in [9.17, 15) is 8.78 Å². The quantitative estimate of drug-likeness (QED) is 0.563. The number of phenolic OH excluding ortho intramolecular Hbond substituents is 1. The highest BCUT2D eigenvalue weighted by molar-refractivity contribution is 5.39. The van der Waals surface area contributed by atoms with Crippen LogP contribution in [0.3, 0.4) is 0 Å². The van der Waals surface area contributed by atoms with E-state index in [-0.39, 0.29) is 0 Å². The molecule has 3 heteroatoms. The highest BCUT2D eigenvalue weighted by Crippen LogP contribution is 2.17. The average molecular weight is 154 g/mol. The minimum atomic E-state index is -0.926. The van der Waals surface area contributed by atoms with E-state index in [1.54, 1.807) is 0 Å². The Bertz CT molecular complexity index is 302. The van der Waals surface area contributed by atoms with Gasteiger partial charge in [0.05, 0.1) is 5.56 Å². The largest absolute Gasteiger partial charge is 0.508 e. The fourth-order valence-corrected chi connectivity index (χ4v) is 0.698. The Morgan fingerprint density at radius 2 is 1.73 bits per heavy atom. The van der Waals surface area contributed by atoms with E-state index in [4.69, 9.17) is 11.5 Å². The molecule has 0 aliphatic heterocycles. The summed E-state index contributed by atoms with van der Waals surface area (Å²) in [5, 5.41) is 8.67. The minimum Gasteiger partial charge on any atom is -0.508 e. The molecule has 0 aliphatic carbocycles. The normalized spacial score (nSPS) is 9.18. The van der Waals surface area contributed by atoms with Crippen LogP contribution in [-0.4, -0.2) is 5.11 Å². The Labute approximate surface area is 62.3 Å². The number of terminal acetylenes is 1. The molecule has 0 saturated heterocycles. The Balaban J connectivity index is 3.40. The second kappa shape index (κ2) is 2.59. The predicted molar refractivity (Wildman–Crippen MR) is 36.0 cm³/mol. The SMILES string of the molecule is C#Cc1c(F)cc(O)cc1F. The summed E-state index contributed by atoms with van der Waals surface area (Å²) < 4.78 is 25.1. The van der Waals surface area contributed by atoms with Gasteiger partial charge in [0.25, 0.3) is 0 Å². The van der Waals surface area contributed by atoms with Crippen LogP contribution in [0.2, 0.25) is 0 Å². The van der Waals surface area contributed by atoms with Gasteiger partial charge in [0.1, 0.15) is 17.4 Å². The van der Waals surface area contributed by atoms with Crippen molar-refractivity contribution < 1.29 is 13.9 Å². The zero-order valence-corrected chi connectivity index (χ0v) is 5.44. The van der Waals surface area contributed by atoms with Gasteiger partial charge in [0.15, 0.2) is 0 Å². The third-order valence-corrected chi connectivity index (χ3v) is 1.17. The number of hydrogen-bond acceptors (Lipinski definition) is 1. The van der Waals surface area contributed by atoms with Crippen LogP contribution in [0.15, 0.2) is 12.1 Å². The van der Waals surface area contributed by atoms with Crippen molar-refractivity contribution in [3.05, 3.63) is 29.3 Å². The van der Waals surface area contributed by atoms with Gasteiger partial charge in [-0.05, 0) is 0 Å². The molecule has 0 unspecified atom stereocenters. The molecule has 0 radical (unpaired) electrons. The van der Waals surface area contributed by atoms with Crippen molar-refractivity contribution in [2.75, 3.05) is 0 Å². The Morgan fingerprint density at radius 3 is 2.09 bits per heavy atom. The number of halogens is 2. The molecule has 0 spiro atoms. The first-order valence-corrected chi connectivity index (χ1v) is 2.79. The molecule has 56 valence electrons. The lowest BCUT2D eigenvalue weighted by Gasteiger charge is -1.97. The number of phenols is 1. The maximum Gasteiger partial charge on any atom is 0.145 e. The average Bonchev–Trinajstić information content (AvgIpc) is 1.85. The molecule has 1 aromatic rings. The van der Waals surface area contributed by atoms with E-state index in [0.717, 1.165) is 12.1 Å². The summed E-state index contributed by atoms with van der Waals surface area (Å²) in [5.74, 6) is -0.495. The fraction of sp³-hybridized carbons (Fsp3) is 0. The van der Waals surface area contributed by atoms with Gasteiger partial charge < -0.3 is 5.11 Å². The molecule has 0 bridgehead atoms. The molecule has 1 nitrogen and oxygen atoms in total. The van der Waals surface area contributed by atoms with Crippen LogP contribution in [-0.2, 0) is 0 Å². The van der Waals surface area contributed by atoms with E-state index in [1.165, 1.54) is 0 Å². The topological polar surface area (TPSA) is 20.2 Å².